The molecule has 0 aromatic carbocycles. The van der Waals surface area contributed by atoms with Crippen LogP contribution in [0.25, 0.3) is 0 Å². The molecule has 0 saturated heterocycles. The zero-order valence-electron chi connectivity index (χ0n) is 10.0. The minimum Gasteiger partial charge on any atom is -0.377 e. The molecule has 15 heavy (non-hydrogen) atoms. The van der Waals surface area contributed by atoms with E-state index in [9.17, 15) is 0 Å². The highest BCUT2D eigenvalue weighted by Gasteiger charge is 2.38. The van der Waals surface area contributed by atoms with E-state index in [4.69, 9.17) is 10.5 Å². The number of hydrogen-bond donors (Lipinski definition) is 1. The fourth-order valence-corrected chi connectivity index (χ4v) is 2.96. The molecule has 2 heteroatoms. The summed E-state index contributed by atoms with van der Waals surface area (Å²) in [6, 6.07) is 0.267. The molecule has 0 aromatic heterocycles. The van der Waals surface area contributed by atoms with E-state index < -0.39 is 0 Å². The summed E-state index contributed by atoms with van der Waals surface area (Å²) < 4.78 is 5.77. The van der Waals surface area contributed by atoms with E-state index in [0.29, 0.717) is 0 Å². The van der Waals surface area contributed by atoms with Crippen molar-refractivity contribution in [1.29, 1.82) is 0 Å². The molecule has 0 aliphatic heterocycles. The molecule has 0 radical (unpaired) electrons. The van der Waals surface area contributed by atoms with Gasteiger partial charge in [0.1, 0.15) is 0 Å². The highest BCUT2D eigenvalue weighted by Crippen LogP contribution is 2.38. The van der Waals surface area contributed by atoms with Gasteiger partial charge in [-0.1, -0.05) is 32.1 Å². The predicted octanol–water partition coefficient (Wildman–Crippen LogP) is 2.85. The van der Waals surface area contributed by atoms with Gasteiger partial charge in [-0.3, -0.25) is 0 Å². The van der Waals surface area contributed by atoms with Crippen molar-refractivity contribution in [3.05, 3.63) is 0 Å². The Kier molecular flexibility index (Phi) is 3.68. The van der Waals surface area contributed by atoms with Gasteiger partial charge in [-0.05, 0) is 31.6 Å². The lowest BCUT2D eigenvalue weighted by molar-refractivity contribution is -0.0606. The highest BCUT2D eigenvalue weighted by molar-refractivity contribution is 4.94. The summed E-state index contributed by atoms with van der Waals surface area (Å²) in [6.45, 7) is 0. The molecule has 1 unspecified atom stereocenters. The third-order valence-electron chi connectivity index (χ3n) is 4.37. The number of nitrogens with two attached hydrogens (primary N) is 1. The van der Waals surface area contributed by atoms with Crippen molar-refractivity contribution in [3.8, 4) is 0 Å². The van der Waals surface area contributed by atoms with Crippen molar-refractivity contribution >= 4 is 0 Å². The van der Waals surface area contributed by atoms with Gasteiger partial charge >= 0.3 is 0 Å². The second kappa shape index (κ2) is 4.84. The summed E-state index contributed by atoms with van der Waals surface area (Å²) >= 11 is 0. The van der Waals surface area contributed by atoms with Gasteiger partial charge in [-0.15, -0.1) is 0 Å². The lowest BCUT2D eigenvalue weighted by Crippen LogP contribution is -2.50. The molecule has 2 nitrogen and oxygen atoms in total. The Hall–Kier alpha value is -0.0800. The van der Waals surface area contributed by atoms with Gasteiger partial charge in [0.25, 0.3) is 0 Å². The fraction of sp³-hybridized carbons (Fsp3) is 1.00. The van der Waals surface area contributed by atoms with E-state index in [0.717, 1.165) is 5.92 Å². The van der Waals surface area contributed by atoms with E-state index in [1.165, 1.54) is 57.8 Å². The van der Waals surface area contributed by atoms with Crippen molar-refractivity contribution in [1.82, 2.24) is 0 Å². The van der Waals surface area contributed by atoms with E-state index in [2.05, 4.69) is 0 Å². The summed E-state index contributed by atoms with van der Waals surface area (Å²) in [6.07, 6.45) is 11.7. The Balaban J connectivity index is 1.84. The first-order chi connectivity index (χ1) is 7.27. The fourth-order valence-electron chi connectivity index (χ4n) is 2.96. The Labute approximate surface area is 93.6 Å². The molecule has 0 aromatic rings. The minimum atomic E-state index is 0.0210. The SMILES string of the molecule is COC1(C(N)CCC2CC2)CCCCC1. The summed E-state index contributed by atoms with van der Waals surface area (Å²) in [5.74, 6) is 0.994. The molecule has 1 atom stereocenters. The maximum Gasteiger partial charge on any atom is 0.0828 e. The molecule has 2 saturated carbocycles. The van der Waals surface area contributed by atoms with E-state index in [1.54, 1.807) is 0 Å². The second-order valence-corrected chi connectivity index (χ2v) is 5.46. The Morgan fingerprint density at radius 1 is 1.27 bits per heavy atom. The molecule has 88 valence electrons. The molecule has 0 heterocycles. The average Bonchev–Trinajstić information content (AvgIpc) is 3.10. The van der Waals surface area contributed by atoms with Gasteiger partial charge in [-0.2, -0.15) is 0 Å². The van der Waals surface area contributed by atoms with Crippen molar-refractivity contribution in [2.45, 2.75) is 69.4 Å². The van der Waals surface area contributed by atoms with Crippen LogP contribution in [0.3, 0.4) is 0 Å². The largest absolute Gasteiger partial charge is 0.377 e. The molecular formula is C13H25NO. The lowest BCUT2D eigenvalue weighted by Gasteiger charge is -2.41. The quantitative estimate of drug-likeness (QED) is 0.759. The third-order valence-corrected chi connectivity index (χ3v) is 4.37. The van der Waals surface area contributed by atoms with Crippen LogP contribution in [0.15, 0.2) is 0 Å². The van der Waals surface area contributed by atoms with E-state index in [1.807, 2.05) is 7.11 Å². The highest BCUT2D eigenvalue weighted by atomic mass is 16.5. The molecule has 0 amide bonds. The molecule has 0 bridgehead atoms. The summed E-state index contributed by atoms with van der Waals surface area (Å²) in [5, 5.41) is 0. The third kappa shape index (κ3) is 2.73. The first-order valence-corrected chi connectivity index (χ1v) is 6.57. The van der Waals surface area contributed by atoms with Crippen LogP contribution in [0.5, 0.6) is 0 Å². The summed E-state index contributed by atoms with van der Waals surface area (Å²) in [7, 11) is 1.85. The molecule has 2 N–H and O–H groups in total. The standard InChI is InChI=1S/C13H25NO/c1-15-13(9-3-2-4-10-13)12(14)8-7-11-5-6-11/h11-12H,2-10,14H2,1H3. The molecule has 0 spiro atoms. The normalized spacial score (nSPS) is 27.6. The van der Waals surface area contributed by atoms with Gasteiger partial charge < -0.3 is 10.5 Å². The van der Waals surface area contributed by atoms with Gasteiger partial charge in [-0.25, -0.2) is 0 Å². The summed E-state index contributed by atoms with van der Waals surface area (Å²) in [4.78, 5) is 0. The van der Waals surface area contributed by atoms with Crippen molar-refractivity contribution < 1.29 is 4.74 Å². The molecule has 2 rings (SSSR count). The Morgan fingerprint density at radius 3 is 2.47 bits per heavy atom. The van der Waals surface area contributed by atoms with Crippen LogP contribution < -0.4 is 5.73 Å². The van der Waals surface area contributed by atoms with Crippen molar-refractivity contribution in [2.24, 2.45) is 11.7 Å². The first kappa shape index (κ1) is 11.4. The van der Waals surface area contributed by atoms with Crippen LogP contribution in [-0.4, -0.2) is 18.8 Å². The van der Waals surface area contributed by atoms with Crippen LogP contribution in [-0.2, 0) is 4.74 Å². The van der Waals surface area contributed by atoms with Crippen LogP contribution in [0, 0.1) is 5.92 Å². The van der Waals surface area contributed by atoms with Gasteiger partial charge in [0, 0.05) is 13.2 Å². The Morgan fingerprint density at radius 2 is 1.93 bits per heavy atom. The Bertz CT molecular complexity index is 195. The maximum atomic E-state index is 6.35. The smallest absolute Gasteiger partial charge is 0.0828 e. The molecular weight excluding hydrogens is 186 g/mol. The molecule has 2 fully saturated rings. The zero-order valence-corrected chi connectivity index (χ0v) is 10.0. The predicted molar refractivity (Wildman–Crippen MR) is 62.8 cm³/mol. The second-order valence-electron chi connectivity index (χ2n) is 5.46. The van der Waals surface area contributed by atoms with E-state index >= 15 is 0 Å². The number of hydrogen-bond acceptors (Lipinski definition) is 2. The molecule has 2 aliphatic carbocycles. The number of rotatable bonds is 5. The van der Waals surface area contributed by atoms with E-state index in [-0.39, 0.29) is 11.6 Å². The minimum absolute atomic E-state index is 0.0210. The maximum absolute atomic E-state index is 6.35. The first-order valence-electron chi connectivity index (χ1n) is 6.57. The van der Waals surface area contributed by atoms with Crippen molar-refractivity contribution in [2.75, 3.05) is 7.11 Å². The zero-order chi connectivity index (χ0) is 10.7. The molecule has 2 aliphatic rings. The van der Waals surface area contributed by atoms with Gasteiger partial charge in [0.05, 0.1) is 5.60 Å². The lowest BCUT2D eigenvalue weighted by atomic mass is 9.78. The van der Waals surface area contributed by atoms with Crippen LogP contribution in [0.2, 0.25) is 0 Å². The van der Waals surface area contributed by atoms with Crippen LogP contribution >= 0.6 is 0 Å². The van der Waals surface area contributed by atoms with Gasteiger partial charge in [0.2, 0.25) is 0 Å². The van der Waals surface area contributed by atoms with Crippen molar-refractivity contribution in [3.63, 3.8) is 0 Å². The number of methoxy groups -OCH3 is 1. The van der Waals surface area contributed by atoms with Crippen LogP contribution in [0.1, 0.15) is 57.8 Å². The monoisotopic (exact) mass is 211 g/mol. The summed E-state index contributed by atoms with van der Waals surface area (Å²) in [5.41, 5.74) is 6.37. The number of ether oxygens (including phenoxy) is 1. The van der Waals surface area contributed by atoms with Crippen LogP contribution in [0.4, 0.5) is 0 Å². The average molecular weight is 211 g/mol. The topological polar surface area (TPSA) is 35.2 Å². The van der Waals surface area contributed by atoms with Gasteiger partial charge in [0.15, 0.2) is 0 Å².